The number of hydrogen-bond acceptors (Lipinski definition) is 1. The van der Waals surface area contributed by atoms with Gasteiger partial charge in [-0.2, -0.15) is 0 Å². The van der Waals surface area contributed by atoms with Crippen LogP contribution in [0.5, 0.6) is 0 Å². The van der Waals surface area contributed by atoms with Gasteiger partial charge in [-0.05, 0) is 18.8 Å². The topological polar surface area (TPSA) is 20.2 Å². The molecule has 0 atom stereocenters. The van der Waals surface area contributed by atoms with Gasteiger partial charge in [-0.3, -0.25) is 0 Å². The predicted molar refractivity (Wildman–Crippen MR) is 29.1 cm³/mol. The Balaban J connectivity index is -0.0000000800. The minimum atomic E-state index is -1.17. The summed E-state index contributed by atoms with van der Waals surface area (Å²) in [4.78, 5) is 0. The number of rotatable bonds is 0. The van der Waals surface area contributed by atoms with Crippen molar-refractivity contribution in [1.82, 2.24) is 0 Å². The van der Waals surface area contributed by atoms with Crippen LogP contribution in [0.25, 0.3) is 0 Å². The minimum absolute atomic E-state index is 0. The summed E-state index contributed by atoms with van der Waals surface area (Å²) in [6, 6.07) is 0. The van der Waals surface area contributed by atoms with Crippen molar-refractivity contribution in [2.24, 2.45) is 0 Å². The second-order valence-corrected chi connectivity index (χ2v) is 5.32. The SMILES string of the molecule is CS(C)(C)O.[H-].[Na+]. The Hall–Kier alpha value is 1.31. The Morgan fingerprint density at radius 2 is 1.33 bits per heavy atom. The second kappa shape index (κ2) is 3.33. The monoisotopic (exact) mass is 118 g/mol. The third kappa shape index (κ3) is 57.5. The van der Waals surface area contributed by atoms with Crippen LogP contribution in [-0.4, -0.2) is 23.3 Å². The summed E-state index contributed by atoms with van der Waals surface area (Å²) in [7, 11) is -1.17. The van der Waals surface area contributed by atoms with Crippen molar-refractivity contribution in [3.63, 3.8) is 0 Å². The van der Waals surface area contributed by atoms with Gasteiger partial charge in [-0.25, -0.2) is 0 Å². The summed E-state index contributed by atoms with van der Waals surface area (Å²) < 4.78 is 8.60. The van der Waals surface area contributed by atoms with Gasteiger partial charge in [-0.15, -0.1) is 10.3 Å². The van der Waals surface area contributed by atoms with Gasteiger partial charge in [0.2, 0.25) is 0 Å². The molecule has 1 nitrogen and oxygen atoms in total. The van der Waals surface area contributed by atoms with E-state index in [-0.39, 0.29) is 31.0 Å². The van der Waals surface area contributed by atoms with Crippen molar-refractivity contribution in [3.8, 4) is 0 Å². The van der Waals surface area contributed by atoms with Crippen LogP contribution in [0, 0.1) is 0 Å². The number of hydrogen-bond donors (Lipinski definition) is 1. The van der Waals surface area contributed by atoms with Crippen LogP contribution in [0.4, 0.5) is 0 Å². The molecule has 0 fully saturated rings. The predicted octanol–water partition coefficient (Wildman–Crippen LogP) is -1.73. The van der Waals surface area contributed by atoms with Crippen LogP contribution < -0.4 is 29.6 Å². The summed E-state index contributed by atoms with van der Waals surface area (Å²) in [5.41, 5.74) is 0. The zero-order valence-corrected chi connectivity index (χ0v) is 7.67. The summed E-state index contributed by atoms with van der Waals surface area (Å²) in [5, 5.41) is 0. The smallest absolute Gasteiger partial charge is 1.00 e. The van der Waals surface area contributed by atoms with Gasteiger partial charge >= 0.3 is 29.6 Å². The van der Waals surface area contributed by atoms with Crippen molar-refractivity contribution < 1.29 is 35.5 Å². The molecule has 0 radical (unpaired) electrons. The van der Waals surface area contributed by atoms with E-state index in [2.05, 4.69) is 0 Å². The van der Waals surface area contributed by atoms with Gasteiger partial charge in [-0.1, -0.05) is 0 Å². The fourth-order valence-corrected chi connectivity index (χ4v) is 0. The molecule has 0 unspecified atom stereocenters. The average molecular weight is 118 g/mol. The van der Waals surface area contributed by atoms with Crippen LogP contribution in [0.3, 0.4) is 0 Å². The van der Waals surface area contributed by atoms with E-state index in [1.54, 1.807) is 0 Å². The molecule has 0 aromatic heterocycles. The van der Waals surface area contributed by atoms with Crippen molar-refractivity contribution >= 4 is 10.3 Å². The van der Waals surface area contributed by atoms with Crippen LogP contribution in [0.1, 0.15) is 1.43 Å². The molecule has 0 aliphatic heterocycles. The van der Waals surface area contributed by atoms with Crippen LogP contribution in [0.15, 0.2) is 0 Å². The molecular formula is C3H11NaOS. The quantitative estimate of drug-likeness (QED) is 0.375. The zero-order valence-electron chi connectivity index (χ0n) is 5.86. The molecule has 0 aliphatic rings. The average Bonchev–Trinajstić information content (AvgIpc) is 0.722. The summed E-state index contributed by atoms with van der Waals surface area (Å²) in [5.74, 6) is 0. The van der Waals surface area contributed by atoms with E-state index in [4.69, 9.17) is 4.55 Å². The molecule has 3 heteroatoms. The molecule has 0 aromatic carbocycles. The van der Waals surface area contributed by atoms with Crippen LogP contribution in [0.2, 0.25) is 0 Å². The van der Waals surface area contributed by atoms with Gasteiger partial charge < -0.3 is 5.98 Å². The molecular weight excluding hydrogens is 107 g/mol. The Labute approximate surface area is 64.4 Å². The van der Waals surface area contributed by atoms with Crippen LogP contribution >= 0.6 is 10.3 Å². The molecule has 1 N–H and O–H groups in total. The molecule has 0 heterocycles. The first-order valence-electron chi connectivity index (χ1n) is 1.41. The first kappa shape index (κ1) is 10.3. The maximum atomic E-state index is 8.60. The van der Waals surface area contributed by atoms with E-state index >= 15 is 0 Å². The molecule has 0 amide bonds. The molecule has 0 spiro atoms. The molecule has 0 saturated carbocycles. The second-order valence-electron chi connectivity index (χ2n) is 1.77. The third-order valence-corrected chi connectivity index (χ3v) is 0. The van der Waals surface area contributed by atoms with Gasteiger partial charge in [0.1, 0.15) is 0 Å². The normalized spacial score (nSPS) is 12.7. The Kier molecular flexibility index (Phi) is 5.73. The summed E-state index contributed by atoms with van der Waals surface area (Å²) in [6.45, 7) is 0. The standard InChI is InChI=1S/C3H10OS.Na.H/c1-5(2,3)4;;/h4H,1-3H3;;/q;+1;-1. The van der Waals surface area contributed by atoms with Crippen molar-refractivity contribution in [2.45, 2.75) is 0 Å². The fraction of sp³-hybridized carbons (Fsp3) is 1.00. The minimum Gasteiger partial charge on any atom is -1.00 e. The van der Waals surface area contributed by atoms with Crippen molar-refractivity contribution in [2.75, 3.05) is 18.8 Å². The zero-order chi connectivity index (χ0) is 4.50. The molecule has 0 saturated heterocycles. The first-order valence-corrected chi connectivity index (χ1v) is 4.22. The maximum absolute atomic E-state index is 8.60. The Morgan fingerprint density at radius 1 is 1.33 bits per heavy atom. The van der Waals surface area contributed by atoms with E-state index < -0.39 is 10.3 Å². The van der Waals surface area contributed by atoms with Gasteiger partial charge in [0.25, 0.3) is 0 Å². The van der Waals surface area contributed by atoms with E-state index in [0.717, 1.165) is 0 Å². The van der Waals surface area contributed by atoms with Gasteiger partial charge in [0, 0.05) is 0 Å². The van der Waals surface area contributed by atoms with E-state index in [1.807, 2.05) is 18.8 Å². The third-order valence-electron chi connectivity index (χ3n) is 0. The molecule has 0 rings (SSSR count). The molecule has 0 bridgehead atoms. The van der Waals surface area contributed by atoms with E-state index in [9.17, 15) is 0 Å². The van der Waals surface area contributed by atoms with Crippen molar-refractivity contribution in [1.29, 1.82) is 0 Å². The van der Waals surface area contributed by atoms with Crippen molar-refractivity contribution in [3.05, 3.63) is 0 Å². The Bertz CT molecular complexity index is 30.4. The fourth-order valence-electron chi connectivity index (χ4n) is 0. The molecule has 0 aromatic rings. The Morgan fingerprint density at radius 3 is 1.33 bits per heavy atom. The summed E-state index contributed by atoms with van der Waals surface area (Å²) >= 11 is 0. The van der Waals surface area contributed by atoms with Gasteiger partial charge in [0.05, 0.1) is 0 Å². The largest absolute Gasteiger partial charge is 1.00 e. The molecule has 0 aliphatic carbocycles. The van der Waals surface area contributed by atoms with Gasteiger partial charge in [0.15, 0.2) is 0 Å². The first-order chi connectivity index (χ1) is 2.00. The van der Waals surface area contributed by atoms with Crippen LogP contribution in [-0.2, 0) is 0 Å². The molecule has 36 valence electrons. The maximum Gasteiger partial charge on any atom is 1.00 e. The molecule has 6 heavy (non-hydrogen) atoms. The van der Waals surface area contributed by atoms with E-state index in [1.165, 1.54) is 0 Å². The summed E-state index contributed by atoms with van der Waals surface area (Å²) in [6.07, 6.45) is 5.48. The van der Waals surface area contributed by atoms with E-state index in [0.29, 0.717) is 0 Å².